The zero-order chi connectivity index (χ0) is 13.3. The van der Waals surface area contributed by atoms with Crippen LogP contribution >= 0.6 is 0 Å². The molecule has 5 nitrogen and oxygen atoms in total. The van der Waals surface area contributed by atoms with Crippen molar-refractivity contribution < 1.29 is 4.42 Å². The highest BCUT2D eigenvalue weighted by molar-refractivity contribution is 5.16. The third-order valence-electron chi connectivity index (χ3n) is 4.01. The molecular formula is C14H20N4O. The van der Waals surface area contributed by atoms with E-state index >= 15 is 0 Å². The van der Waals surface area contributed by atoms with Crippen molar-refractivity contribution in [2.24, 2.45) is 0 Å². The van der Waals surface area contributed by atoms with E-state index in [0.29, 0.717) is 6.54 Å². The molecule has 1 saturated heterocycles. The van der Waals surface area contributed by atoms with Gasteiger partial charge in [0.1, 0.15) is 12.3 Å². The maximum atomic E-state index is 5.56. The lowest BCUT2D eigenvalue weighted by Gasteiger charge is -2.34. The van der Waals surface area contributed by atoms with Crippen LogP contribution in [0.2, 0.25) is 0 Å². The van der Waals surface area contributed by atoms with E-state index in [2.05, 4.69) is 26.8 Å². The van der Waals surface area contributed by atoms with Crippen LogP contribution in [0.25, 0.3) is 0 Å². The zero-order valence-corrected chi connectivity index (χ0v) is 11.5. The van der Waals surface area contributed by atoms with E-state index < -0.39 is 0 Å². The fraction of sp³-hybridized carbons (Fsp3) is 0.571. The summed E-state index contributed by atoms with van der Waals surface area (Å²) in [5, 5.41) is 3.41. The van der Waals surface area contributed by atoms with E-state index in [-0.39, 0.29) is 5.41 Å². The van der Waals surface area contributed by atoms with E-state index in [1.165, 1.54) is 5.69 Å². The van der Waals surface area contributed by atoms with Crippen molar-refractivity contribution in [3.05, 3.63) is 36.1 Å². The van der Waals surface area contributed by atoms with Crippen molar-refractivity contribution in [3.63, 3.8) is 0 Å². The molecule has 0 saturated carbocycles. The van der Waals surface area contributed by atoms with Gasteiger partial charge in [0.25, 0.3) is 0 Å². The highest BCUT2D eigenvalue weighted by atomic mass is 16.4. The van der Waals surface area contributed by atoms with Gasteiger partial charge in [0.15, 0.2) is 0 Å². The molecule has 5 heteroatoms. The number of oxazole rings is 1. The number of hydrogen-bond donors (Lipinski definition) is 1. The van der Waals surface area contributed by atoms with Gasteiger partial charge in [-0.25, -0.2) is 9.97 Å². The largest absolute Gasteiger partial charge is 0.444 e. The van der Waals surface area contributed by atoms with Crippen molar-refractivity contribution in [2.45, 2.75) is 38.6 Å². The van der Waals surface area contributed by atoms with Gasteiger partial charge >= 0.3 is 0 Å². The van der Waals surface area contributed by atoms with Crippen molar-refractivity contribution >= 4 is 0 Å². The van der Waals surface area contributed by atoms with Gasteiger partial charge in [0.2, 0.25) is 5.89 Å². The molecule has 3 rings (SSSR count). The molecule has 0 spiro atoms. The number of piperidine rings is 1. The zero-order valence-electron chi connectivity index (χ0n) is 11.5. The first kappa shape index (κ1) is 12.4. The van der Waals surface area contributed by atoms with Crippen LogP contribution in [-0.4, -0.2) is 27.6 Å². The number of imidazole rings is 1. The van der Waals surface area contributed by atoms with Crippen molar-refractivity contribution in [2.75, 3.05) is 13.1 Å². The predicted molar refractivity (Wildman–Crippen MR) is 72.0 cm³/mol. The van der Waals surface area contributed by atoms with Crippen molar-refractivity contribution in [1.82, 2.24) is 19.9 Å². The topological polar surface area (TPSA) is 55.9 Å². The summed E-state index contributed by atoms with van der Waals surface area (Å²) in [6, 6.07) is 0. The molecule has 2 aromatic rings. The van der Waals surface area contributed by atoms with E-state index in [1.807, 2.05) is 19.4 Å². The monoisotopic (exact) mass is 260 g/mol. The fourth-order valence-corrected chi connectivity index (χ4v) is 2.80. The van der Waals surface area contributed by atoms with Crippen LogP contribution in [0.3, 0.4) is 0 Å². The van der Waals surface area contributed by atoms with Crippen LogP contribution in [0, 0.1) is 6.92 Å². The number of aromatic nitrogens is 3. The van der Waals surface area contributed by atoms with Gasteiger partial charge in [0, 0.05) is 17.3 Å². The second-order valence-corrected chi connectivity index (χ2v) is 5.58. The molecule has 1 aliphatic rings. The molecule has 0 atom stereocenters. The number of aryl methyl sites for hydroxylation is 1. The first-order valence-corrected chi connectivity index (χ1v) is 6.80. The van der Waals surface area contributed by atoms with Crippen LogP contribution in [0.4, 0.5) is 0 Å². The molecule has 0 aliphatic carbocycles. The molecule has 0 amide bonds. The summed E-state index contributed by atoms with van der Waals surface area (Å²) < 4.78 is 7.72. The summed E-state index contributed by atoms with van der Waals surface area (Å²) in [6.07, 6.45) is 7.91. The molecule has 3 heterocycles. The molecule has 1 aliphatic heterocycles. The van der Waals surface area contributed by atoms with Gasteiger partial charge in [-0.1, -0.05) is 6.92 Å². The summed E-state index contributed by atoms with van der Waals surface area (Å²) in [6.45, 7) is 7.04. The lowest BCUT2D eigenvalue weighted by atomic mass is 9.78. The molecule has 0 unspecified atom stereocenters. The van der Waals surface area contributed by atoms with Crippen LogP contribution in [0.5, 0.6) is 0 Å². The maximum Gasteiger partial charge on any atom is 0.214 e. The summed E-state index contributed by atoms with van der Waals surface area (Å²) in [4.78, 5) is 8.59. The third kappa shape index (κ3) is 2.42. The van der Waals surface area contributed by atoms with Gasteiger partial charge in [-0.3, -0.25) is 0 Å². The van der Waals surface area contributed by atoms with Gasteiger partial charge in [-0.2, -0.15) is 0 Å². The molecule has 0 aromatic carbocycles. The third-order valence-corrected chi connectivity index (χ3v) is 4.01. The van der Waals surface area contributed by atoms with E-state index in [1.54, 1.807) is 6.20 Å². The number of hydrogen-bond acceptors (Lipinski definition) is 4. The minimum atomic E-state index is 0.198. The lowest BCUT2D eigenvalue weighted by molar-refractivity contribution is 0.315. The Kier molecular flexibility index (Phi) is 3.14. The molecule has 1 N–H and O–H groups in total. The standard InChI is InChI=1S/C14H20N4O/c1-11-7-17-13(19-11)9-18-10-16-8-12(18)14(2)3-5-15-6-4-14/h7-8,10,15H,3-6,9H2,1-2H3. The Labute approximate surface area is 113 Å². The normalized spacial score (nSPS) is 18.6. The predicted octanol–water partition coefficient (Wildman–Crippen LogP) is 1.87. The Hall–Kier alpha value is -1.62. The first-order chi connectivity index (χ1) is 9.17. The minimum Gasteiger partial charge on any atom is -0.444 e. The van der Waals surface area contributed by atoms with E-state index in [9.17, 15) is 0 Å². The fourth-order valence-electron chi connectivity index (χ4n) is 2.80. The van der Waals surface area contributed by atoms with Crippen LogP contribution in [0.15, 0.2) is 23.1 Å². The van der Waals surface area contributed by atoms with Crippen molar-refractivity contribution in [3.8, 4) is 0 Å². The SMILES string of the molecule is Cc1cnc(Cn2cncc2C2(C)CCNCC2)o1. The molecule has 0 bridgehead atoms. The second kappa shape index (κ2) is 4.81. The number of nitrogens with zero attached hydrogens (tertiary/aromatic N) is 3. The Morgan fingerprint density at radius 2 is 2.16 bits per heavy atom. The Morgan fingerprint density at radius 1 is 1.37 bits per heavy atom. The van der Waals surface area contributed by atoms with Gasteiger partial charge < -0.3 is 14.3 Å². The molecule has 0 radical (unpaired) electrons. The lowest BCUT2D eigenvalue weighted by Crippen LogP contribution is -2.39. The number of nitrogens with one attached hydrogen (secondary N) is 1. The summed E-state index contributed by atoms with van der Waals surface area (Å²) in [5.74, 6) is 1.60. The van der Waals surface area contributed by atoms with Crippen molar-refractivity contribution in [1.29, 1.82) is 0 Å². The molecule has 1 fully saturated rings. The van der Waals surface area contributed by atoms with Crippen LogP contribution in [0.1, 0.15) is 37.1 Å². The Bertz CT molecular complexity index is 551. The molecular weight excluding hydrogens is 240 g/mol. The Balaban J connectivity index is 1.85. The summed E-state index contributed by atoms with van der Waals surface area (Å²) in [5.41, 5.74) is 1.48. The van der Waals surface area contributed by atoms with Crippen LogP contribution in [-0.2, 0) is 12.0 Å². The highest BCUT2D eigenvalue weighted by Gasteiger charge is 2.31. The molecule has 2 aromatic heterocycles. The first-order valence-electron chi connectivity index (χ1n) is 6.80. The summed E-state index contributed by atoms with van der Waals surface area (Å²) in [7, 11) is 0. The Morgan fingerprint density at radius 3 is 2.84 bits per heavy atom. The average Bonchev–Trinajstić information content (AvgIpc) is 3.00. The van der Waals surface area contributed by atoms with Crippen LogP contribution < -0.4 is 5.32 Å². The summed E-state index contributed by atoms with van der Waals surface area (Å²) >= 11 is 0. The number of rotatable bonds is 3. The van der Waals surface area contributed by atoms with Gasteiger partial charge in [0.05, 0.1) is 12.5 Å². The van der Waals surface area contributed by atoms with Gasteiger partial charge in [-0.15, -0.1) is 0 Å². The quantitative estimate of drug-likeness (QED) is 0.915. The maximum absolute atomic E-state index is 5.56. The highest BCUT2D eigenvalue weighted by Crippen LogP contribution is 2.32. The molecule has 102 valence electrons. The smallest absolute Gasteiger partial charge is 0.214 e. The average molecular weight is 260 g/mol. The molecule has 19 heavy (non-hydrogen) atoms. The van der Waals surface area contributed by atoms with E-state index in [0.717, 1.165) is 37.6 Å². The minimum absolute atomic E-state index is 0.198. The van der Waals surface area contributed by atoms with E-state index in [4.69, 9.17) is 4.42 Å². The second-order valence-electron chi connectivity index (χ2n) is 5.58. The van der Waals surface area contributed by atoms with Gasteiger partial charge in [-0.05, 0) is 32.9 Å².